The first-order valence-corrected chi connectivity index (χ1v) is 15.1. The van der Waals surface area contributed by atoms with Crippen LogP contribution in [-0.4, -0.2) is 100 Å². The number of phenols is 2. The van der Waals surface area contributed by atoms with Gasteiger partial charge >= 0.3 is 22.7 Å². The molecule has 0 aliphatic heterocycles. The number of non-ortho nitro benzene ring substituents is 2. The van der Waals surface area contributed by atoms with E-state index in [0.717, 1.165) is 12.8 Å². The van der Waals surface area contributed by atoms with Gasteiger partial charge in [0.05, 0.1) is 105 Å². The van der Waals surface area contributed by atoms with E-state index < -0.39 is 75.2 Å². The topological polar surface area (TPSA) is 345 Å². The maximum absolute atomic E-state index is 12.3. The Kier molecular flexibility index (Phi) is 18.3. The number of unbranched alkanes of at least 4 members (excludes halogenated alkanes) is 1. The number of quaternary nitrogens is 2. The Morgan fingerprint density at radius 2 is 0.780 bits per heavy atom. The van der Waals surface area contributed by atoms with E-state index in [1.807, 2.05) is 13.8 Å². The molecule has 0 heterocycles. The molecule has 0 spiro atoms. The van der Waals surface area contributed by atoms with Crippen molar-refractivity contribution in [2.24, 2.45) is 0 Å². The number of aromatic hydroxyl groups is 2. The number of hydrogen-bond donors (Lipinski definition) is 2. The number of nitro groups is 6. The molecular formula is C24H32Cl2N8O16. The van der Waals surface area contributed by atoms with Crippen LogP contribution in [0.4, 0.5) is 34.1 Å². The summed E-state index contributed by atoms with van der Waals surface area (Å²) in [6, 6.07) is 1.79. The molecular weight excluding hydrogens is 727 g/mol. The second kappa shape index (κ2) is 20.4. The third-order valence-corrected chi connectivity index (χ3v) is 7.17. The summed E-state index contributed by atoms with van der Waals surface area (Å²) in [5.41, 5.74) is -6.00. The molecule has 24 nitrogen and oxygen atoms in total. The van der Waals surface area contributed by atoms with E-state index in [4.69, 9.17) is 33.4 Å². The minimum Gasteiger partial charge on any atom is -0.633 e. The molecule has 50 heavy (non-hydrogen) atoms. The van der Waals surface area contributed by atoms with Crippen LogP contribution in [0.1, 0.15) is 26.7 Å². The van der Waals surface area contributed by atoms with Crippen LogP contribution in [0, 0.1) is 71.1 Å². The van der Waals surface area contributed by atoms with Crippen LogP contribution in [0.3, 0.4) is 0 Å². The van der Waals surface area contributed by atoms with Gasteiger partial charge in [-0.25, -0.2) is 0 Å². The van der Waals surface area contributed by atoms with Gasteiger partial charge in [-0.3, -0.25) is 60.7 Å². The monoisotopic (exact) mass is 758 g/mol. The molecule has 2 aromatic rings. The van der Waals surface area contributed by atoms with E-state index in [0.29, 0.717) is 75.3 Å². The highest BCUT2D eigenvalue weighted by Gasteiger charge is 2.31. The summed E-state index contributed by atoms with van der Waals surface area (Å²) in [7, 11) is 0. The van der Waals surface area contributed by atoms with Gasteiger partial charge in [-0.15, -0.1) is 23.2 Å². The first kappa shape index (κ1) is 44.9. The van der Waals surface area contributed by atoms with Crippen LogP contribution in [0.15, 0.2) is 24.3 Å². The van der Waals surface area contributed by atoms with E-state index in [-0.39, 0.29) is 9.29 Å². The van der Waals surface area contributed by atoms with Crippen molar-refractivity contribution in [2.45, 2.75) is 26.7 Å². The fourth-order valence-electron chi connectivity index (χ4n) is 3.93. The van der Waals surface area contributed by atoms with E-state index in [1.54, 1.807) is 0 Å². The predicted octanol–water partition coefficient (Wildman–Crippen LogP) is 5.15. The number of nitro benzene ring substituents is 6. The molecule has 26 heteroatoms. The van der Waals surface area contributed by atoms with Crippen molar-refractivity contribution in [1.82, 2.24) is 0 Å². The first-order chi connectivity index (χ1) is 23.1. The molecule has 0 fully saturated rings. The zero-order chi connectivity index (χ0) is 39.0. The summed E-state index contributed by atoms with van der Waals surface area (Å²) in [6.45, 7) is 6.90. The third-order valence-electron chi connectivity index (χ3n) is 6.84. The molecule has 0 aromatic heterocycles. The van der Waals surface area contributed by atoms with Crippen LogP contribution >= 0.6 is 23.2 Å². The van der Waals surface area contributed by atoms with Crippen molar-refractivity contribution in [2.75, 3.05) is 51.0 Å². The van der Waals surface area contributed by atoms with E-state index >= 15 is 0 Å². The Labute approximate surface area is 290 Å². The number of phenolic OH excluding ortho intramolecular Hbond substituents is 2. The van der Waals surface area contributed by atoms with Gasteiger partial charge in [0.25, 0.3) is 22.9 Å². The number of hydroxylamine groups is 6. The molecule has 2 N–H and O–H groups in total. The molecule has 0 bridgehead atoms. The molecule has 0 aliphatic rings. The van der Waals surface area contributed by atoms with Crippen LogP contribution < -0.4 is 0 Å². The Morgan fingerprint density at radius 1 is 0.520 bits per heavy atom. The molecule has 0 saturated heterocycles. The molecule has 0 saturated carbocycles. The molecule has 0 amide bonds. The van der Waals surface area contributed by atoms with Gasteiger partial charge in [-0.1, -0.05) is 0 Å². The zero-order valence-electron chi connectivity index (χ0n) is 26.3. The maximum Gasteiger partial charge on any atom is 0.324 e. The van der Waals surface area contributed by atoms with Crippen LogP contribution in [0.2, 0.25) is 0 Å². The normalized spacial score (nSPS) is 10.9. The van der Waals surface area contributed by atoms with E-state index in [2.05, 4.69) is 0 Å². The smallest absolute Gasteiger partial charge is 0.324 e. The number of hydrogen-bond acceptors (Lipinski definition) is 16. The third kappa shape index (κ3) is 13.8. The van der Waals surface area contributed by atoms with Crippen LogP contribution in [-0.2, 0) is 0 Å². The summed E-state index contributed by atoms with van der Waals surface area (Å²) in [4.78, 5) is 55.5. The van der Waals surface area contributed by atoms with Crippen LogP contribution in [0.5, 0.6) is 11.5 Å². The number of alkyl halides is 2. The van der Waals surface area contributed by atoms with Crippen LogP contribution in [0.25, 0.3) is 0 Å². The first-order valence-electron chi connectivity index (χ1n) is 14.0. The van der Waals surface area contributed by atoms with Gasteiger partial charge in [0.1, 0.15) is 0 Å². The Bertz CT molecular complexity index is 1390. The molecule has 0 atom stereocenters. The predicted molar refractivity (Wildman–Crippen MR) is 175 cm³/mol. The van der Waals surface area contributed by atoms with Gasteiger partial charge in [-0.05, 0) is 13.8 Å². The highest BCUT2D eigenvalue weighted by molar-refractivity contribution is 6.18. The average Bonchev–Trinajstić information content (AvgIpc) is 3.03. The fourth-order valence-corrected chi connectivity index (χ4v) is 4.55. The summed E-state index contributed by atoms with van der Waals surface area (Å²) in [5.74, 6) is -1.71. The fraction of sp³-hybridized carbons (Fsp3) is 0.500. The van der Waals surface area contributed by atoms with Crippen molar-refractivity contribution in [3.8, 4) is 11.5 Å². The van der Waals surface area contributed by atoms with Gasteiger partial charge in [0.15, 0.2) is 0 Å². The average molecular weight is 759 g/mol. The lowest BCUT2D eigenvalue weighted by Gasteiger charge is -2.43. The Morgan fingerprint density at radius 3 is 0.980 bits per heavy atom. The molecule has 278 valence electrons. The standard InChI is InChI=1S/C12H26Cl2N2O2.2C6H3N3O7/c1-3-15(17,4-2)9-5-6-10-16(18,11-7-13)12-8-14;2*10-6-4(8(13)14)1-3(7(11)12)2-5(6)9(15)16/h3-12H2,1-2H3;2*1-2,10H. The SMILES string of the molecule is CC[N+]([O-])(CC)CCCC[N+]([O-])(CCCl)CCCl.O=[N+]([O-])c1cc([N+](=O)[O-])c(O)c([N+](=O)[O-])c1.O=[N+]([O-])c1cc([N+](=O)[O-])c(O)c([N+](=O)[O-])c1. The quantitative estimate of drug-likeness (QED) is 0.0692. The molecule has 2 aromatic carbocycles. The molecule has 0 unspecified atom stereocenters. The minimum absolute atomic E-state index is 0.163. The molecule has 0 aliphatic carbocycles. The van der Waals surface area contributed by atoms with Crippen molar-refractivity contribution in [3.05, 3.63) is 95.4 Å². The number of halogens is 2. The van der Waals surface area contributed by atoms with E-state index in [9.17, 15) is 71.1 Å². The van der Waals surface area contributed by atoms with Crippen molar-refractivity contribution < 1.29 is 49.0 Å². The zero-order valence-corrected chi connectivity index (χ0v) is 27.8. The summed E-state index contributed by atoms with van der Waals surface area (Å²) >= 11 is 11.3. The molecule has 2 rings (SSSR count). The lowest BCUT2D eigenvalue weighted by atomic mass is 10.2. The number of rotatable bonds is 17. The second-order valence-electron chi connectivity index (χ2n) is 9.94. The van der Waals surface area contributed by atoms with Gasteiger partial charge < -0.3 is 29.9 Å². The summed E-state index contributed by atoms with van der Waals surface area (Å²) in [6.07, 6.45) is 1.55. The highest BCUT2D eigenvalue weighted by Crippen LogP contribution is 2.40. The number of nitrogens with zero attached hydrogens (tertiary/aromatic N) is 8. The lowest BCUT2D eigenvalue weighted by Crippen LogP contribution is -2.46. The second-order valence-corrected chi connectivity index (χ2v) is 10.7. The van der Waals surface area contributed by atoms with Gasteiger partial charge in [-0.2, -0.15) is 0 Å². The van der Waals surface area contributed by atoms with Crippen molar-refractivity contribution >= 4 is 57.3 Å². The van der Waals surface area contributed by atoms with Crippen molar-refractivity contribution in [1.29, 1.82) is 0 Å². The van der Waals surface area contributed by atoms with Gasteiger partial charge in [0, 0.05) is 12.8 Å². The van der Waals surface area contributed by atoms with Gasteiger partial charge in [0.2, 0.25) is 0 Å². The summed E-state index contributed by atoms with van der Waals surface area (Å²) in [5, 5.41) is 105. The number of benzene rings is 2. The maximum atomic E-state index is 12.3. The largest absolute Gasteiger partial charge is 0.633 e. The van der Waals surface area contributed by atoms with E-state index in [1.165, 1.54) is 0 Å². The highest BCUT2D eigenvalue weighted by atomic mass is 35.5. The van der Waals surface area contributed by atoms with Crippen molar-refractivity contribution in [3.63, 3.8) is 0 Å². The minimum atomic E-state index is -1.21. The summed E-state index contributed by atoms with van der Waals surface area (Å²) < 4.78 is -0.492. The lowest BCUT2D eigenvalue weighted by molar-refractivity contribution is -0.883. The Balaban J connectivity index is 0.000000721. The molecule has 0 radical (unpaired) electrons. The Hall–Kier alpha value is -5.14.